The third-order valence-electron chi connectivity index (χ3n) is 5.16. The summed E-state index contributed by atoms with van der Waals surface area (Å²) in [5.41, 5.74) is 2.91. The van der Waals surface area contributed by atoms with E-state index >= 15 is 0 Å². The van der Waals surface area contributed by atoms with Crippen LogP contribution in [0.5, 0.6) is 0 Å². The number of hydrogen-bond donors (Lipinski definition) is 0. The van der Waals surface area contributed by atoms with Crippen molar-refractivity contribution in [2.75, 3.05) is 0 Å². The van der Waals surface area contributed by atoms with Gasteiger partial charge in [-0.15, -0.1) is 0 Å². The molecule has 1 saturated heterocycles. The van der Waals surface area contributed by atoms with E-state index in [1.54, 1.807) is 39.7 Å². The number of allylic oxidation sites excluding steroid dienone is 7. The maximum absolute atomic E-state index is 2.48. The quantitative estimate of drug-likeness (QED) is 0.465. The first kappa shape index (κ1) is 20.5. The van der Waals surface area contributed by atoms with Crippen molar-refractivity contribution in [1.29, 1.82) is 0 Å². The Morgan fingerprint density at radius 2 is 1.79 bits per heavy atom. The zero-order chi connectivity index (χ0) is 15.5. The first-order valence-corrected chi connectivity index (χ1v) is 13.0. The van der Waals surface area contributed by atoms with Crippen LogP contribution in [-0.2, 0) is 24.7 Å². The molecular formula is C19H19Cl2SSiZr. The molecule has 0 nitrogen and oxygen atoms in total. The van der Waals surface area contributed by atoms with E-state index in [2.05, 4.69) is 68.6 Å². The SMILES string of the molecule is CC1=C2C3C(=CC=C3[Si]2(C)C)S1.[Cl-].[Cl-].[Zr+2][CH]1C=Cc2ccccc21. The van der Waals surface area contributed by atoms with Gasteiger partial charge in [0.05, 0.1) is 0 Å². The van der Waals surface area contributed by atoms with Gasteiger partial charge in [0.25, 0.3) is 0 Å². The fourth-order valence-corrected chi connectivity index (χ4v) is 10.6. The summed E-state index contributed by atoms with van der Waals surface area (Å²) in [6.45, 7) is 7.26. The van der Waals surface area contributed by atoms with Crippen LogP contribution in [0.25, 0.3) is 6.08 Å². The molecule has 1 aromatic rings. The molecule has 0 bridgehead atoms. The topological polar surface area (TPSA) is 0 Å². The van der Waals surface area contributed by atoms with Crippen molar-refractivity contribution >= 4 is 25.9 Å². The van der Waals surface area contributed by atoms with E-state index in [4.69, 9.17) is 0 Å². The molecule has 24 heavy (non-hydrogen) atoms. The average molecular weight is 470 g/mol. The molecule has 2 aliphatic carbocycles. The Labute approximate surface area is 177 Å². The Bertz CT molecular complexity index is 792. The summed E-state index contributed by atoms with van der Waals surface area (Å²) < 4.78 is 0.711. The van der Waals surface area contributed by atoms with Gasteiger partial charge in [0.2, 0.25) is 0 Å². The Morgan fingerprint density at radius 1 is 1.08 bits per heavy atom. The molecule has 0 radical (unpaired) electrons. The molecule has 5 heteroatoms. The average Bonchev–Trinajstić information content (AvgIpc) is 3.11. The molecule has 0 saturated carbocycles. The van der Waals surface area contributed by atoms with Crippen LogP contribution in [0.3, 0.4) is 0 Å². The molecule has 123 valence electrons. The number of benzene rings is 1. The molecule has 2 aliphatic heterocycles. The van der Waals surface area contributed by atoms with Gasteiger partial charge in [-0.1, -0.05) is 47.4 Å². The van der Waals surface area contributed by atoms with Gasteiger partial charge in [0, 0.05) is 5.92 Å². The van der Waals surface area contributed by atoms with Gasteiger partial charge in [0.15, 0.2) is 0 Å². The van der Waals surface area contributed by atoms with E-state index in [1.807, 2.05) is 17.0 Å². The number of thioether (sulfide) groups is 1. The van der Waals surface area contributed by atoms with Gasteiger partial charge >= 0.3 is 75.9 Å². The molecular weight excluding hydrogens is 450 g/mol. The van der Waals surface area contributed by atoms with Crippen LogP contribution in [0.2, 0.25) is 13.1 Å². The van der Waals surface area contributed by atoms with Crippen LogP contribution in [0.1, 0.15) is 21.7 Å². The standard InChI is InChI=1S/C10H12SSi.C9H7.2ClH.Zr/c1-6-10-9-7(11-6)4-5-8(9)12(10,2)3;1-2-5-9-7-3-6-8(9)4-1;;;/h4-5,9H,1-3H3;1-7H;2*1H;/q;;;;+2/p-2. The fourth-order valence-electron chi connectivity index (χ4n) is 4.04. The third-order valence-corrected chi connectivity index (χ3v) is 11.6. The number of fused-ring (bicyclic) bond motifs is 1. The van der Waals surface area contributed by atoms with Crippen LogP contribution >= 0.6 is 11.8 Å². The molecule has 2 unspecified atom stereocenters. The maximum atomic E-state index is 2.48. The Hall–Kier alpha value is 0.210. The molecule has 2 atom stereocenters. The summed E-state index contributed by atoms with van der Waals surface area (Å²) in [6, 6.07) is 8.60. The predicted molar refractivity (Wildman–Crippen MR) is 95.6 cm³/mol. The second-order valence-electron chi connectivity index (χ2n) is 6.79. The van der Waals surface area contributed by atoms with Crippen molar-refractivity contribution < 1.29 is 49.5 Å². The summed E-state index contributed by atoms with van der Waals surface area (Å²) in [4.78, 5) is 3.21. The number of hydrogen-bond acceptors (Lipinski definition) is 1. The van der Waals surface area contributed by atoms with Gasteiger partial charge in [-0.3, -0.25) is 0 Å². The van der Waals surface area contributed by atoms with E-state index in [0.717, 1.165) is 5.92 Å². The first-order chi connectivity index (χ1) is 10.5. The molecule has 0 amide bonds. The molecule has 2 heterocycles. The molecule has 1 fully saturated rings. The van der Waals surface area contributed by atoms with Gasteiger partial charge in [-0.05, 0) is 16.7 Å². The Balaban J connectivity index is 0.000000163. The fraction of sp³-hybridized carbons (Fsp3) is 0.263. The van der Waals surface area contributed by atoms with Crippen molar-refractivity contribution in [3.05, 3.63) is 73.8 Å². The third kappa shape index (κ3) is 3.05. The first-order valence-electron chi connectivity index (χ1n) is 7.79. The van der Waals surface area contributed by atoms with Crippen LogP contribution < -0.4 is 24.8 Å². The summed E-state index contributed by atoms with van der Waals surface area (Å²) in [5, 5.41) is 3.60. The molecule has 4 aliphatic rings. The monoisotopic (exact) mass is 467 g/mol. The van der Waals surface area contributed by atoms with Gasteiger partial charge < -0.3 is 24.8 Å². The second kappa shape index (κ2) is 7.45. The van der Waals surface area contributed by atoms with E-state index in [9.17, 15) is 0 Å². The van der Waals surface area contributed by atoms with E-state index in [-0.39, 0.29) is 24.8 Å². The molecule has 0 N–H and O–H groups in total. The van der Waals surface area contributed by atoms with Crippen LogP contribution in [-0.4, -0.2) is 8.07 Å². The van der Waals surface area contributed by atoms with E-state index in [1.165, 1.54) is 11.1 Å². The Morgan fingerprint density at radius 3 is 2.50 bits per heavy atom. The zero-order valence-corrected chi connectivity index (χ0v) is 19.7. The van der Waals surface area contributed by atoms with Crippen LogP contribution in [0.15, 0.2) is 62.7 Å². The van der Waals surface area contributed by atoms with Crippen LogP contribution in [0.4, 0.5) is 0 Å². The van der Waals surface area contributed by atoms with E-state index < -0.39 is 8.07 Å². The summed E-state index contributed by atoms with van der Waals surface area (Å²) in [7, 11) is -1.06. The van der Waals surface area contributed by atoms with Crippen molar-refractivity contribution in [3.8, 4) is 0 Å². The number of halogens is 2. The molecule has 1 aromatic carbocycles. The van der Waals surface area contributed by atoms with Crippen molar-refractivity contribution in [1.82, 2.24) is 0 Å². The zero-order valence-electron chi connectivity index (χ0n) is 13.9. The summed E-state index contributed by atoms with van der Waals surface area (Å²) in [6.07, 6.45) is 9.22. The molecule has 0 spiro atoms. The minimum absolute atomic E-state index is 0. The van der Waals surface area contributed by atoms with Crippen molar-refractivity contribution in [2.24, 2.45) is 5.92 Å². The summed E-state index contributed by atoms with van der Waals surface area (Å²) in [5.74, 6) is 0.789. The second-order valence-corrected chi connectivity index (χ2v) is 14.0. The summed E-state index contributed by atoms with van der Waals surface area (Å²) >= 11 is 3.60. The normalized spacial score (nSPS) is 26.0. The van der Waals surface area contributed by atoms with Gasteiger partial charge in [0.1, 0.15) is 8.07 Å². The van der Waals surface area contributed by atoms with Crippen molar-refractivity contribution in [2.45, 2.75) is 23.6 Å². The van der Waals surface area contributed by atoms with E-state index in [0.29, 0.717) is 3.63 Å². The predicted octanol–water partition coefficient (Wildman–Crippen LogP) is -0.443. The van der Waals surface area contributed by atoms with Crippen LogP contribution in [0, 0.1) is 5.92 Å². The molecule has 0 aromatic heterocycles. The van der Waals surface area contributed by atoms with Gasteiger partial charge in [-0.2, -0.15) is 0 Å². The van der Waals surface area contributed by atoms with Crippen molar-refractivity contribution in [3.63, 3.8) is 0 Å². The number of rotatable bonds is 0. The van der Waals surface area contributed by atoms with Gasteiger partial charge in [-0.25, -0.2) is 0 Å². The minimum atomic E-state index is -1.06. The molecule has 5 rings (SSSR count). The Kier molecular flexibility index (Phi) is 6.37.